The first kappa shape index (κ1) is 15.4. The Balaban J connectivity index is 2.16. The normalized spacial score (nSPS) is 11.5. The zero-order chi connectivity index (χ0) is 15.6. The summed E-state index contributed by atoms with van der Waals surface area (Å²) in [5.41, 5.74) is -0.615. The van der Waals surface area contributed by atoms with Crippen LogP contribution in [-0.4, -0.2) is 15.7 Å². The van der Waals surface area contributed by atoms with E-state index in [1.165, 1.54) is 29.1 Å². The summed E-state index contributed by atoms with van der Waals surface area (Å²) in [6.07, 6.45) is -3.16. The number of benzene rings is 1. The second-order valence-electron chi connectivity index (χ2n) is 4.33. The van der Waals surface area contributed by atoms with Crippen molar-refractivity contribution in [1.29, 1.82) is 0 Å². The van der Waals surface area contributed by atoms with Crippen molar-refractivity contribution < 1.29 is 18.0 Å². The Kier molecular flexibility index (Phi) is 4.22. The zero-order valence-corrected chi connectivity index (χ0v) is 11.7. The average Bonchev–Trinajstić information content (AvgIpc) is 2.70. The van der Waals surface area contributed by atoms with Gasteiger partial charge in [-0.1, -0.05) is 23.7 Å². The highest BCUT2D eigenvalue weighted by molar-refractivity contribution is 6.31. The summed E-state index contributed by atoms with van der Waals surface area (Å²) in [5, 5.41) is 6.50. The van der Waals surface area contributed by atoms with Crippen molar-refractivity contribution in [2.45, 2.75) is 19.6 Å². The number of alkyl halides is 3. The number of amides is 1. The number of carbonyl (C=O) groups excluding carboxylic acids is 1. The van der Waals surface area contributed by atoms with E-state index in [9.17, 15) is 18.0 Å². The molecule has 4 nitrogen and oxygen atoms in total. The minimum atomic E-state index is -4.53. The van der Waals surface area contributed by atoms with E-state index in [-0.39, 0.29) is 12.2 Å². The maximum absolute atomic E-state index is 12.8. The Bertz CT molecular complexity index is 667. The summed E-state index contributed by atoms with van der Waals surface area (Å²) in [7, 11) is 0. The van der Waals surface area contributed by atoms with Gasteiger partial charge in [0.2, 0.25) is 5.91 Å². The van der Waals surface area contributed by atoms with Crippen molar-refractivity contribution in [3.63, 3.8) is 0 Å². The third-order valence-corrected chi connectivity index (χ3v) is 3.21. The number of halogens is 4. The summed E-state index contributed by atoms with van der Waals surface area (Å²) < 4.78 is 39.7. The number of rotatable bonds is 3. The van der Waals surface area contributed by atoms with E-state index in [0.29, 0.717) is 10.7 Å². The molecule has 0 aliphatic rings. The van der Waals surface area contributed by atoms with Crippen LogP contribution in [0.4, 0.5) is 18.9 Å². The van der Waals surface area contributed by atoms with E-state index >= 15 is 0 Å². The van der Waals surface area contributed by atoms with E-state index in [1.54, 1.807) is 6.92 Å². The molecule has 1 aromatic carbocycles. The van der Waals surface area contributed by atoms with Crippen LogP contribution in [-0.2, 0) is 17.5 Å². The number of nitrogens with one attached hydrogen (secondary N) is 1. The van der Waals surface area contributed by atoms with Gasteiger partial charge in [0.15, 0.2) is 0 Å². The van der Waals surface area contributed by atoms with Crippen molar-refractivity contribution in [1.82, 2.24) is 9.78 Å². The average molecular weight is 318 g/mol. The maximum atomic E-state index is 12.8. The van der Waals surface area contributed by atoms with Gasteiger partial charge in [0.05, 0.1) is 28.2 Å². The van der Waals surface area contributed by atoms with Gasteiger partial charge in [-0.3, -0.25) is 9.48 Å². The summed E-state index contributed by atoms with van der Waals surface area (Å²) in [6, 6.07) is 4.78. The molecule has 0 aliphatic carbocycles. The van der Waals surface area contributed by atoms with Crippen LogP contribution in [0.25, 0.3) is 0 Å². The number of nitrogens with zero attached hydrogens (tertiary/aromatic N) is 2. The van der Waals surface area contributed by atoms with Gasteiger partial charge in [-0.25, -0.2) is 0 Å². The second-order valence-corrected chi connectivity index (χ2v) is 4.73. The highest BCUT2D eigenvalue weighted by atomic mass is 35.5. The molecule has 0 atom stereocenters. The molecule has 112 valence electrons. The molecule has 0 bridgehead atoms. The molecular formula is C13H11ClF3N3O. The Hall–Kier alpha value is -2.02. The highest BCUT2D eigenvalue weighted by Gasteiger charge is 2.33. The van der Waals surface area contributed by atoms with Crippen molar-refractivity contribution in [2.24, 2.45) is 0 Å². The van der Waals surface area contributed by atoms with E-state index in [4.69, 9.17) is 11.6 Å². The fourth-order valence-corrected chi connectivity index (χ4v) is 1.89. The van der Waals surface area contributed by atoms with Gasteiger partial charge in [0, 0.05) is 0 Å². The fraction of sp³-hybridized carbons (Fsp3) is 0.231. The molecule has 8 heteroatoms. The first-order chi connectivity index (χ1) is 9.79. The number of anilines is 1. The molecule has 1 N–H and O–H groups in total. The van der Waals surface area contributed by atoms with Crippen LogP contribution in [0.5, 0.6) is 0 Å². The lowest BCUT2D eigenvalue weighted by Crippen LogP contribution is -2.22. The van der Waals surface area contributed by atoms with Crippen LogP contribution in [0, 0.1) is 6.92 Å². The molecule has 0 aliphatic heterocycles. The molecule has 0 saturated carbocycles. The van der Waals surface area contributed by atoms with Gasteiger partial charge in [-0.15, -0.1) is 0 Å². The third-order valence-electron chi connectivity index (χ3n) is 2.84. The number of aromatic nitrogens is 2. The smallest absolute Gasteiger partial charge is 0.324 e. The summed E-state index contributed by atoms with van der Waals surface area (Å²) in [4.78, 5) is 11.8. The molecule has 0 fully saturated rings. The van der Waals surface area contributed by atoms with Crippen LogP contribution < -0.4 is 5.32 Å². The first-order valence-corrected chi connectivity index (χ1v) is 6.31. The minimum Gasteiger partial charge on any atom is -0.324 e. The van der Waals surface area contributed by atoms with Crippen molar-refractivity contribution >= 4 is 23.2 Å². The molecule has 21 heavy (non-hydrogen) atoms. The Morgan fingerprint density at radius 2 is 2.05 bits per heavy atom. The molecule has 0 spiro atoms. The van der Waals surface area contributed by atoms with Gasteiger partial charge in [0.1, 0.15) is 6.54 Å². The monoisotopic (exact) mass is 317 g/mol. The predicted octanol–water partition coefficient (Wildman–Crippen LogP) is 3.50. The Morgan fingerprint density at radius 3 is 2.62 bits per heavy atom. The molecule has 2 rings (SSSR count). The molecular weight excluding hydrogens is 307 g/mol. The number of carbonyl (C=O) groups is 1. The van der Waals surface area contributed by atoms with Crippen LogP contribution in [0.2, 0.25) is 5.02 Å². The van der Waals surface area contributed by atoms with Gasteiger partial charge in [0.25, 0.3) is 0 Å². The predicted molar refractivity (Wildman–Crippen MR) is 72.0 cm³/mol. The fourth-order valence-electron chi connectivity index (χ4n) is 1.75. The third kappa shape index (κ3) is 3.55. The van der Waals surface area contributed by atoms with E-state index < -0.39 is 17.6 Å². The van der Waals surface area contributed by atoms with Gasteiger partial charge in [-0.05, 0) is 19.1 Å². The Labute approximate surface area is 123 Å². The van der Waals surface area contributed by atoms with Crippen LogP contribution >= 0.6 is 11.6 Å². The molecule has 0 unspecified atom stereocenters. The van der Waals surface area contributed by atoms with Crippen molar-refractivity contribution in [3.05, 3.63) is 46.7 Å². The van der Waals surface area contributed by atoms with Crippen LogP contribution in [0.3, 0.4) is 0 Å². The van der Waals surface area contributed by atoms with Gasteiger partial charge < -0.3 is 5.32 Å². The summed E-state index contributed by atoms with van der Waals surface area (Å²) >= 11 is 5.79. The largest absolute Gasteiger partial charge is 0.418 e. The minimum absolute atomic E-state index is 0.218. The molecule has 1 heterocycles. The lowest BCUT2D eigenvalue weighted by Gasteiger charge is -2.13. The molecule has 1 aromatic heterocycles. The molecule has 0 saturated heterocycles. The maximum Gasteiger partial charge on any atom is 0.418 e. The Morgan fingerprint density at radius 1 is 1.38 bits per heavy atom. The van der Waals surface area contributed by atoms with Gasteiger partial charge >= 0.3 is 6.18 Å². The van der Waals surface area contributed by atoms with Crippen molar-refractivity contribution in [2.75, 3.05) is 5.32 Å². The quantitative estimate of drug-likeness (QED) is 0.941. The van der Waals surface area contributed by atoms with E-state index in [1.807, 2.05) is 0 Å². The van der Waals surface area contributed by atoms with Crippen LogP contribution in [0.1, 0.15) is 11.3 Å². The van der Waals surface area contributed by atoms with Crippen LogP contribution in [0.15, 0.2) is 30.5 Å². The summed E-state index contributed by atoms with van der Waals surface area (Å²) in [5.74, 6) is -0.616. The molecule has 2 aromatic rings. The highest BCUT2D eigenvalue weighted by Crippen LogP contribution is 2.34. The topological polar surface area (TPSA) is 46.9 Å². The first-order valence-electron chi connectivity index (χ1n) is 5.93. The van der Waals surface area contributed by atoms with E-state index in [2.05, 4.69) is 10.4 Å². The van der Waals surface area contributed by atoms with Crippen molar-refractivity contribution in [3.8, 4) is 0 Å². The lowest BCUT2D eigenvalue weighted by molar-refractivity contribution is -0.137. The number of hydrogen-bond donors (Lipinski definition) is 1. The number of para-hydroxylation sites is 1. The van der Waals surface area contributed by atoms with Gasteiger partial charge in [-0.2, -0.15) is 18.3 Å². The number of hydrogen-bond acceptors (Lipinski definition) is 2. The molecule has 1 amide bonds. The zero-order valence-electron chi connectivity index (χ0n) is 10.9. The standard InChI is InChI=1S/C13H11ClF3N3O/c1-8-10(14)6-18-20(8)7-12(21)19-11-5-3-2-4-9(11)13(15,16)17/h2-6H,7H2,1H3,(H,19,21). The van der Waals surface area contributed by atoms with E-state index in [0.717, 1.165) is 6.07 Å². The second kappa shape index (κ2) is 5.77. The lowest BCUT2D eigenvalue weighted by atomic mass is 10.1. The SMILES string of the molecule is Cc1c(Cl)cnn1CC(=O)Nc1ccccc1C(F)(F)F. The molecule has 0 radical (unpaired) electrons. The summed E-state index contributed by atoms with van der Waals surface area (Å²) in [6.45, 7) is 1.44.